The summed E-state index contributed by atoms with van der Waals surface area (Å²) in [6.45, 7) is 0. The quantitative estimate of drug-likeness (QED) is 0.733. The molecule has 4 N–H and O–H groups in total. The van der Waals surface area contributed by atoms with E-state index in [4.69, 9.17) is 23.1 Å². The second-order valence-electron chi connectivity index (χ2n) is 3.29. The first kappa shape index (κ1) is 10.7. The molecule has 0 spiro atoms. The molecule has 0 aliphatic rings. The van der Waals surface area contributed by atoms with Crippen molar-refractivity contribution in [3.05, 3.63) is 35.0 Å². The van der Waals surface area contributed by atoms with Gasteiger partial charge in [0.25, 0.3) is 0 Å². The lowest BCUT2D eigenvalue weighted by molar-refractivity contribution is 0.565. The maximum absolute atomic E-state index is 5.99. The third-order valence-electron chi connectivity index (χ3n) is 1.70. The Morgan fingerprint density at radius 2 is 2.07 bits per heavy atom. The molecule has 0 aliphatic carbocycles. The van der Waals surface area contributed by atoms with E-state index in [9.17, 15) is 0 Å². The molecule has 1 rings (SSSR count). The number of halogens is 1. The van der Waals surface area contributed by atoms with Gasteiger partial charge in [0.15, 0.2) is 0 Å². The minimum atomic E-state index is 0.570. The molecule has 4 heteroatoms. The van der Waals surface area contributed by atoms with Crippen molar-refractivity contribution in [3.8, 4) is 0 Å². The highest BCUT2D eigenvalue weighted by Crippen LogP contribution is 2.23. The van der Waals surface area contributed by atoms with Gasteiger partial charge in [0.05, 0.1) is 10.7 Å². The topological polar surface area (TPSA) is 55.3 Å². The van der Waals surface area contributed by atoms with Gasteiger partial charge in [-0.25, -0.2) is 0 Å². The molecule has 0 aliphatic heterocycles. The van der Waals surface area contributed by atoms with Gasteiger partial charge in [-0.2, -0.15) is 0 Å². The van der Waals surface area contributed by atoms with E-state index in [0.29, 0.717) is 16.4 Å². The number of nitrogens with zero attached hydrogens (tertiary/aromatic N) is 1. The van der Waals surface area contributed by atoms with Crippen molar-refractivity contribution in [2.45, 2.75) is 0 Å². The molecule has 0 atom stereocenters. The van der Waals surface area contributed by atoms with Crippen LogP contribution in [0, 0.1) is 0 Å². The summed E-state index contributed by atoms with van der Waals surface area (Å²) >= 11 is 5.99. The molecule has 0 unspecified atom stereocenters. The van der Waals surface area contributed by atoms with Crippen molar-refractivity contribution in [1.82, 2.24) is 4.90 Å². The number of anilines is 1. The molecule has 1 aromatic carbocycles. The Bertz CT molecular complexity index is 358. The summed E-state index contributed by atoms with van der Waals surface area (Å²) in [5.74, 6) is 0. The van der Waals surface area contributed by atoms with Crippen LogP contribution < -0.4 is 11.5 Å². The zero-order valence-electron chi connectivity index (χ0n) is 8.29. The van der Waals surface area contributed by atoms with E-state index in [2.05, 4.69) is 0 Å². The summed E-state index contributed by atoms with van der Waals surface area (Å²) in [5, 5.41) is 0.570. The lowest BCUT2D eigenvalue weighted by atomic mass is 10.1. The van der Waals surface area contributed by atoms with Crippen molar-refractivity contribution < 1.29 is 0 Å². The van der Waals surface area contributed by atoms with Crippen LogP contribution in [0.3, 0.4) is 0 Å². The normalized spacial score (nSPS) is 11.5. The zero-order chi connectivity index (χ0) is 10.7. The van der Waals surface area contributed by atoms with Gasteiger partial charge >= 0.3 is 0 Å². The van der Waals surface area contributed by atoms with Crippen LogP contribution in [0.4, 0.5) is 5.69 Å². The van der Waals surface area contributed by atoms with Crippen LogP contribution in [0.1, 0.15) is 5.56 Å². The molecule has 14 heavy (non-hydrogen) atoms. The van der Waals surface area contributed by atoms with Gasteiger partial charge < -0.3 is 16.4 Å². The fourth-order valence-corrected chi connectivity index (χ4v) is 1.41. The fraction of sp³-hybridized carbons (Fsp3) is 0.200. The van der Waals surface area contributed by atoms with Crippen LogP contribution in [-0.4, -0.2) is 19.0 Å². The summed E-state index contributed by atoms with van der Waals surface area (Å²) in [4.78, 5) is 1.86. The molecule has 0 heterocycles. The van der Waals surface area contributed by atoms with Gasteiger partial charge in [-0.3, -0.25) is 0 Å². The Balaban J connectivity index is 3.07. The van der Waals surface area contributed by atoms with E-state index in [1.807, 2.05) is 25.1 Å². The van der Waals surface area contributed by atoms with Crippen molar-refractivity contribution in [3.63, 3.8) is 0 Å². The lowest BCUT2D eigenvalue weighted by Crippen LogP contribution is -2.07. The van der Waals surface area contributed by atoms with Crippen LogP contribution in [0.5, 0.6) is 0 Å². The van der Waals surface area contributed by atoms with Gasteiger partial charge in [0.1, 0.15) is 0 Å². The van der Waals surface area contributed by atoms with E-state index < -0.39 is 0 Å². The first-order valence-electron chi connectivity index (χ1n) is 4.20. The summed E-state index contributed by atoms with van der Waals surface area (Å²) in [7, 11) is 3.80. The second-order valence-corrected chi connectivity index (χ2v) is 3.69. The molecule has 0 bridgehead atoms. The number of rotatable bonds is 2. The van der Waals surface area contributed by atoms with Gasteiger partial charge in [-0.15, -0.1) is 0 Å². The van der Waals surface area contributed by atoms with Crippen LogP contribution in [-0.2, 0) is 0 Å². The van der Waals surface area contributed by atoms with Crippen LogP contribution >= 0.6 is 11.6 Å². The van der Waals surface area contributed by atoms with Gasteiger partial charge in [-0.1, -0.05) is 11.6 Å². The number of nitrogen functional groups attached to an aromatic ring is 1. The Labute approximate surface area is 88.9 Å². The lowest BCUT2D eigenvalue weighted by Gasteiger charge is -2.09. The van der Waals surface area contributed by atoms with Crippen molar-refractivity contribution in [2.24, 2.45) is 5.73 Å². The minimum Gasteiger partial charge on any atom is -0.399 e. The molecule has 0 amide bonds. The summed E-state index contributed by atoms with van der Waals surface area (Å²) in [6, 6.07) is 5.28. The van der Waals surface area contributed by atoms with Crippen molar-refractivity contribution >= 4 is 23.0 Å². The van der Waals surface area contributed by atoms with Crippen LogP contribution in [0.25, 0.3) is 5.70 Å². The van der Waals surface area contributed by atoms with Gasteiger partial charge in [0, 0.05) is 31.5 Å². The monoisotopic (exact) mass is 211 g/mol. The molecule has 0 fully saturated rings. The summed E-state index contributed by atoms with van der Waals surface area (Å²) < 4.78 is 0. The number of hydrogen-bond acceptors (Lipinski definition) is 3. The molecule has 0 saturated carbocycles. The fourth-order valence-electron chi connectivity index (χ4n) is 1.11. The maximum atomic E-state index is 5.99. The average molecular weight is 212 g/mol. The Hall–Kier alpha value is -1.35. The molecule has 0 radical (unpaired) electrons. The number of nitrogens with two attached hydrogens (primary N) is 2. The van der Waals surface area contributed by atoms with Crippen molar-refractivity contribution in [2.75, 3.05) is 19.8 Å². The highest BCUT2D eigenvalue weighted by molar-refractivity contribution is 6.32. The van der Waals surface area contributed by atoms with Gasteiger partial charge in [-0.05, 0) is 18.2 Å². The third kappa shape index (κ3) is 2.57. The Kier molecular flexibility index (Phi) is 3.25. The predicted octanol–water partition coefficient (Wildman–Crippen LogP) is 1.74. The highest BCUT2D eigenvalue weighted by Gasteiger charge is 2.03. The average Bonchev–Trinajstić information content (AvgIpc) is 2.01. The molecule has 76 valence electrons. The second kappa shape index (κ2) is 4.24. The molecule has 0 saturated heterocycles. The Morgan fingerprint density at radius 3 is 2.57 bits per heavy atom. The number of hydrogen-bond donors (Lipinski definition) is 2. The van der Waals surface area contributed by atoms with Crippen LogP contribution in [0.2, 0.25) is 5.02 Å². The van der Waals surface area contributed by atoms with Crippen molar-refractivity contribution in [1.29, 1.82) is 0 Å². The van der Waals surface area contributed by atoms with E-state index in [1.165, 1.54) is 0 Å². The largest absolute Gasteiger partial charge is 0.399 e. The molecular weight excluding hydrogens is 198 g/mol. The first-order valence-corrected chi connectivity index (χ1v) is 4.57. The van der Waals surface area contributed by atoms with Gasteiger partial charge in [0.2, 0.25) is 0 Å². The standard InChI is InChI=1S/C10H14ClN3/c1-14(2)6-10(13)8-4-3-7(12)5-9(8)11/h3-6H,12-13H2,1-2H3/b10-6-. The highest BCUT2D eigenvalue weighted by atomic mass is 35.5. The molecule has 1 aromatic rings. The van der Waals surface area contributed by atoms with E-state index >= 15 is 0 Å². The maximum Gasteiger partial charge on any atom is 0.0564 e. The molecule has 0 aromatic heterocycles. The minimum absolute atomic E-state index is 0.570. The summed E-state index contributed by atoms with van der Waals surface area (Å²) in [6.07, 6.45) is 1.80. The Morgan fingerprint density at radius 1 is 1.43 bits per heavy atom. The smallest absolute Gasteiger partial charge is 0.0564 e. The molecule has 3 nitrogen and oxygen atoms in total. The first-order chi connectivity index (χ1) is 6.50. The third-order valence-corrected chi connectivity index (χ3v) is 2.01. The van der Waals surface area contributed by atoms with E-state index in [-0.39, 0.29) is 0 Å². The van der Waals surface area contributed by atoms with E-state index in [1.54, 1.807) is 18.3 Å². The SMILES string of the molecule is CN(C)/C=C(\N)c1ccc(N)cc1Cl. The van der Waals surface area contributed by atoms with Crippen LogP contribution in [0.15, 0.2) is 24.4 Å². The van der Waals surface area contributed by atoms with E-state index in [0.717, 1.165) is 5.56 Å². The summed E-state index contributed by atoms with van der Waals surface area (Å²) in [5.41, 5.74) is 13.5. The number of benzene rings is 1. The molecular formula is C10H14ClN3. The predicted molar refractivity (Wildman–Crippen MR) is 61.7 cm³/mol. The zero-order valence-corrected chi connectivity index (χ0v) is 9.05.